The number of nitro groups is 1. The molecule has 0 aliphatic heterocycles. The molecule has 0 fully saturated rings. The minimum Gasteiger partial charge on any atom is -0.507 e. The van der Waals surface area contributed by atoms with E-state index in [0.29, 0.717) is 10.6 Å². The second kappa shape index (κ2) is 6.66. The third-order valence-electron chi connectivity index (χ3n) is 3.38. The number of aromatic hydroxyl groups is 1. The maximum absolute atomic E-state index is 12.4. The molecule has 0 spiro atoms. The van der Waals surface area contributed by atoms with Crippen molar-refractivity contribution in [2.75, 3.05) is 7.05 Å². The van der Waals surface area contributed by atoms with Crippen LogP contribution in [0.3, 0.4) is 0 Å². The Bertz CT molecular complexity index is 777. The number of halogens is 1. The minimum absolute atomic E-state index is 0.0900. The molecule has 0 saturated heterocycles. The van der Waals surface area contributed by atoms with Crippen molar-refractivity contribution in [3.05, 3.63) is 68.2 Å². The summed E-state index contributed by atoms with van der Waals surface area (Å²) in [5.41, 5.74) is 1.38. The van der Waals surface area contributed by atoms with E-state index in [1.54, 1.807) is 19.2 Å². The summed E-state index contributed by atoms with van der Waals surface area (Å²) >= 11 is 6.04. The number of amides is 1. The second-order valence-corrected chi connectivity index (χ2v) is 5.62. The zero-order valence-electron chi connectivity index (χ0n) is 12.6. The first-order valence-corrected chi connectivity index (χ1v) is 7.15. The summed E-state index contributed by atoms with van der Waals surface area (Å²) < 4.78 is 0. The molecule has 7 heteroatoms. The molecule has 0 radical (unpaired) electrons. The Kier molecular flexibility index (Phi) is 4.86. The van der Waals surface area contributed by atoms with Crippen molar-refractivity contribution in [1.29, 1.82) is 0 Å². The minimum atomic E-state index is -0.520. The Morgan fingerprint density at radius 3 is 2.65 bits per heavy atom. The lowest BCUT2D eigenvalue weighted by Crippen LogP contribution is -2.26. The van der Waals surface area contributed by atoms with Gasteiger partial charge in [-0.3, -0.25) is 14.9 Å². The number of phenolic OH excluding ortho intramolecular Hbond substituents is 1. The quantitative estimate of drug-likeness (QED) is 0.684. The number of carbonyl (C=O) groups excluding carboxylic acids is 1. The molecule has 1 amide bonds. The van der Waals surface area contributed by atoms with E-state index in [9.17, 15) is 20.0 Å². The molecule has 1 N–H and O–H groups in total. The van der Waals surface area contributed by atoms with Crippen molar-refractivity contribution in [3.63, 3.8) is 0 Å². The lowest BCUT2D eigenvalue weighted by atomic mass is 10.1. The van der Waals surface area contributed by atoms with E-state index in [4.69, 9.17) is 11.6 Å². The number of benzene rings is 2. The molecule has 0 saturated carbocycles. The number of hydrogen-bond donors (Lipinski definition) is 1. The van der Waals surface area contributed by atoms with Crippen LogP contribution in [0.1, 0.15) is 21.5 Å². The maximum atomic E-state index is 12.4. The maximum Gasteiger partial charge on any atom is 0.269 e. The summed E-state index contributed by atoms with van der Waals surface area (Å²) in [6.07, 6.45) is 0. The predicted molar refractivity (Wildman–Crippen MR) is 86.7 cm³/mol. The van der Waals surface area contributed by atoms with Crippen molar-refractivity contribution >= 4 is 23.2 Å². The van der Waals surface area contributed by atoms with Gasteiger partial charge in [0, 0.05) is 30.7 Å². The number of carbonyl (C=O) groups is 1. The van der Waals surface area contributed by atoms with Crippen LogP contribution in [-0.4, -0.2) is 27.9 Å². The van der Waals surface area contributed by atoms with Gasteiger partial charge in [0.05, 0.1) is 10.5 Å². The zero-order valence-corrected chi connectivity index (χ0v) is 13.4. The van der Waals surface area contributed by atoms with Crippen LogP contribution in [0, 0.1) is 17.0 Å². The van der Waals surface area contributed by atoms with Crippen molar-refractivity contribution in [2.24, 2.45) is 0 Å². The third kappa shape index (κ3) is 3.78. The van der Waals surface area contributed by atoms with E-state index >= 15 is 0 Å². The monoisotopic (exact) mass is 334 g/mol. The fraction of sp³-hybridized carbons (Fsp3) is 0.188. The molecule has 0 heterocycles. The predicted octanol–water partition coefficient (Wildman–Crippen LogP) is 3.53. The Morgan fingerprint density at radius 2 is 2.00 bits per heavy atom. The molecule has 120 valence electrons. The van der Waals surface area contributed by atoms with Gasteiger partial charge in [-0.25, -0.2) is 0 Å². The van der Waals surface area contributed by atoms with Crippen molar-refractivity contribution < 1.29 is 14.8 Å². The van der Waals surface area contributed by atoms with Gasteiger partial charge in [-0.05, 0) is 30.7 Å². The van der Waals surface area contributed by atoms with E-state index in [1.165, 1.54) is 29.2 Å². The first-order valence-electron chi connectivity index (χ1n) is 6.77. The van der Waals surface area contributed by atoms with Gasteiger partial charge in [0.25, 0.3) is 11.6 Å². The number of nitrogens with zero attached hydrogens (tertiary/aromatic N) is 2. The highest BCUT2D eigenvalue weighted by Crippen LogP contribution is 2.25. The van der Waals surface area contributed by atoms with Gasteiger partial charge < -0.3 is 10.0 Å². The molecule has 0 unspecified atom stereocenters. The molecule has 23 heavy (non-hydrogen) atoms. The standard InChI is InChI=1S/C16H15ClN2O4/c1-10-3-6-15(20)13(7-10)16(21)18(2)9-11-8-12(19(22)23)4-5-14(11)17/h3-8,20H,9H2,1-2H3. The van der Waals surface area contributed by atoms with Gasteiger partial charge in [0.15, 0.2) is 0 Å². The number of aryl methyl sites for hydroxylation is 1. The molecule has 2 aromatic carbocycles. The molecular formula is C16H15ClN2O4. The smallest absolute Gasteiger partial charge is 0.269 e. The molecule has 2 rings (SSSR count). The summed E-state index contributed by atoms with van der Waals surface area (Å²) in [6, 6.07) is 8.81. The van der Waals surface area contributed by atoms with Crippen LogP contribution in [0.25, 0.3) is 0 Å². The van der Waals surface area contributed by atoms with Crippen LogP contribution in [0.5, 0.6) is 5.75 Å². The SMILES string of the molecule is Cc1ccc(O)c(C(=O)N(C)Cc2cc([N+](=O)[O-])ccc2Cl)c1. The van der Waals surface area contributed by atoms with E-state index in [0.717, 1.165) is 5.56 Å². The largest absolute Gasteiger partial charge is 0.507 e. The fourth-order valence-electron chi connectivity index (χ4n) is 2.15. The summed E-state index contributed by atoms with van der Waals surface area (Å²) in [5.74, 6) is -0.508. The van der Waals surface area contributed by atoms with Crippen molar-refractivity contribution in [3.8, 4) is 5.75 Å². The zero-order chi connectivity index (χ0) is 17.1. The first kappa shape index (κ1) is 16.8. The van der Waals surface area contributed by atoms with Crippen LogP contribution < -0.4 is 0 Å². The molecule has 2 aromatic rings. The Balaban J connectivity index is 2.26. The fourth-order valence-corrected chi connectivity index (χ4v) is 2.33. The summed E-state index contributed by atoms with van der Waals surface area (Å²) in [5, 5.41) is 21.0. The van der Waals surface area contributed by atoms with Crippen molar-refractivity contribution in [1.82, 2.24) is 4.90 Å². The number of nitro benzene ring substituents is 1. The molecule has 0 bridgehead atoms. The molecule has 0 atom stereocenters. The van der Waals surface area contributed by atoms with Gasteiger partial charge in [-0.2, -0.15) is 0 Å². The van der Waals surface area contributed by atoms with E-state index in [1.807, 2.05) is 6.92 Å². The number of phenols is 1. The van der Waals surface area contributed by atoms with Crippen LogP contribution in [-0.2, 0) is 6.54 Å². The Labute approximate surface area is 138 Å². The highest BCUT2D eigenvalue weighted by atomic mass is 35.5. The van der Waals surface area contributed by atoms with Gasteiger partial charge >= 0.3 is 0 Å². The van der Waals surface area contributed by atoms with Crippen LogP contribution >= 0.6 is 11.6 Å². The lowest BCUT2D eigenvalue weighted by molar-refractivity contribution is -0.384. The first-order chi connectivity index (χ1) is 10.8. The van der Waals surface area contributed by atoms with Crippen LogP contribution in [0.4, 0.5) is 5.69 Å². The molecule has 0 aliphatic rings. The summed E-state index contributed by atoms with van der Waals surface area (Å²) in [6.45, 7) is 1.90. The van der Waals surface area contributed by atoms with E-state index in [2.05, 4.69) is 0 Å². The van der Waals surface area contributed by atoms with Crippen molar-refractivity contribution in [2.45, 2.75) is 13.5 Å². The molecule has 0 aromatic heterocycles. The summed E-state index contributed by atoms with van der Waals surface area (Å²) in [7, 11) is 1.54. The number of rotatable bonds is 4. The Morgan fingerprint density at radius 1 is 1.30 bits per heavy atom. The second-order valence-electron chi connectivity index (χ2n) is 5.21. The number of hydrogen-bond acceptors (Lipinski definition) is 4. The summed E-state index contributed by atoms with van der Waals surface area (Å²) in [4.78, 5) is 24.1. The number of non-ortho nitro benzene ring substituents is 1. The third-order valence-corrected chi connectivity index (χ3v) is 3.75. The topological polar surface area (TPSA) is 83.7 Å². The average Bonchev–Trinajstić information content (AvgIpc) is 2.50. The highest BCUT2D eigenvalue weighted by molar-refractivity contribution is 6.31. The van der Waals surface area contributed by atoms with E-state index in [-0.39, 0.29) is 23.5 Å². The molecule has 6 nitrogen and oxygen atoms in total. The van der Waals surface area contributed by atoms with Gasteiger partial charge in [-0.15, -0.1) is 0 Å². The van der Waals surface area contributed by atoms with Crippen LogP contribution in [0.15, 0.2) is 36.4 Å². The van der Waals surface area contributed by atoms with Gasteiger partial charge in [0.2, 0.25) is 0 Å². The van der Waals surface area contributed by atoms with Crippen LogP contribution in [0.2, 0.25) is 5.02 Å². The Hall–Kier alpha value is -2.60. The van der Waals surface area contributed by atoms with E-state index < -0.39 is 10.8 Å². The molecular weight excluding hydrogens is 320 g/mol. The normalized spacial score (nSPS) is 10.4. The lowest BCUT2D eigenvalue weighted by Gasteiger charge is -2.19. The van der Waals surface area contributed by atoms with Gasteiger partial charge in [0.1, 0.15) is 5.75 Å². The highest BCUT2D eigenvalue weighted by Gasteiger charge is 2.18. The van der Waals surface area contributed by atoms with Gasteiger partial charge in [-0.1, -0.05) is 23.2 Å². The average molecular weight is 335 g/mol. The molecule has 0 aliphatic carbocycles.